The van der Waals surface area contributed by atoms with E-state index < -0.39 is 9.04 Å². The SMILES string of the molecule is Cc1c(Br)ccc(C(C)(C)C)c1O[SiH](C)C. The first-order chi connectivity index (χ1) is 7.23. The van der Waals surface area contributed by atoms with Crippen LogP contribution in [-0.2, 0) is 5.41 Å². The van der Waals surface area contributed by atoms with Gasteiger partial charge in [-0.2, -0.15) is 0 Å². The van der Waals surface area contributed by atoms with Crippen molar-refractivity contribution in [1.82, 2.24) is 0 Å². The van der Waals surface area contributed by atoms with E-state index in [-0.39, 0.29) is 5.41 Å². The standard InChI is InChI=1S/C13H21BrOSi/c1-9-11(14)8-7-10(13(2,3)4)12(9)15-16(5)6/h7-8,16H,1-6H3. The van der Waals surface area contributed by atoms with E-state index in [2.05, 4.69) is 68.9 Å². The number of hydrogen-bond acceptors (Lipinski definition) is 1. The second-order valence-corrected chi connectivity index (χ2v) is 8.65. The maximum absolute atomic E-state index is 6.09. The van der Waals surface area contributed by atoms with Crippen molar-refractivity contribution >= 4 is 25.0 Å². The van der Waals surface area contributed by atoms with Crippen LogP contribution in [0.25, 0.3) is 0 Å². The highest BCUT2D eigenvalue weighted by Gasteiger charge is 2.21. The Kier molecular flexibility index (Phi) is 4.24. The van der Waals surface area contributed by atoms with Crippen LogP contribution in [0.5, 0.6) is 5.75 Å². The minimum absolute atomic E-state index is 0.129. The van der Waals surface area contributed by atoms with Gasteiger partial charge in [0, 0.05) is 10.0 Å². The summed E-state index contributed by atoms with van der Waals surface area (Å²) < 4.78 is 7.22. The predicted octanol–water partition coefficient (Wildman–Crippen LogP) is 4.42. The van der Waals surface area contributed by atoms with E-state index in [9.17, 15) is 0 Å². The van der Waals surface area contributed by atoms with Crippen LogP contribution in [0.4, 0.5) is 0 Å². The molecule has 1 rings (SSSR count). The van der Waals surface area contributed by atoms with Crippen LogP contribution in [-0.4, -0.2) is 9.04 Å². The van der Waals surface area contributed by atoms with Gasteiger partial charge in [-0.1, -0.05) is 42.8 Å². The van der Waals surface area contributed by atoms with Crippen LogP contribution in [0.15, 0.2) is 16.6 Å². The van der Waals surface area contributed by atoms with Crippen molar-refractivity contribution < 1.29 is 4.43 Å². The quantitative estimate of drug-likeness (QED) is 0.735. The molecule has 0 aliphatic rings. The summed E-state index contributed by atoms with van der Waals surface area (Å²) in [5.74, 6) is 1.09. The minimum Gasteiger partial charge on any atom is -0.547 e. The van der Waals surface area contributed by atoms with Crippen molar-refractivity contribution in [2.24, 2.45) is 0 Å². The van der Waals surface area contributed by atoms with Crippen LogP contribution in [0.2, 0.25) is 13.1 Å². The lowest BCUT2D eigenvalue weighted by atomic mass is 9.85. The molecule has 90 valence electrons. The Balaban J connectivity index is 3.33. The molecule has 1 aromatic rings. The fourth-order valence-corrected chi connectivity index (χ4v) is 2.73. The molecule has 0 aliphatic heterocycles. The summed E-state index contributed by atoms with van der Waals surface area (Å²) in [6.45, 7) is 13.2. The molecule has 0 aromatic heterocycles. The van der Waals surface area contributed by atoms with Gasteiger partial charge in [0.25, 0.3) is 0 Å². The molecule has 0 heterocycles. The van der Waals surface area contributed by atoms with E-state index in [0.29, 0.717) is 0 Å². The third kappa shape index (κ3) is 3.11. The van der Waals surface area contributed by atoms with Crippen LogP contribution < -0.4 is 4.43 Å². The second kappa shape index (κ2) is 4.92. The Morgan fingerprint density at radius 1 is 1.19 bits per heavy atom. The zero-order chi connectivity index (χ0) is 12.5. The predicted molar refractivity (Wildman–Crippen MR) is 77.1 cm³/mol. The van der Waals surface area contributed by atoms with Crippen molar-refractivity contribution in [1.29, 1.82) is 0 Å². The number of halogens is 1. The van der Waals surface area contributed by atoms with Crippen molar-refractivity contribution in [2.45, 2.75) is 46.2 Å². The Hall–Kier alpha value is -0.283. The maximum Gasteiger partial charge on any atom is 0.229 e. The summed E-state index contributed by atoms with van der Waals surface area (Å²) in [4.78, 5) is 0. The highest BCUT2D eigenvalue weighted by Crippen LogP contribution is 2.37. The van der Waals surface area contributed by atoms with Gasteiger partial charge in [-0.3, -0.25) is 0 Å². The third-order valence-electron chi connectivity index (χ3n) is 2.50. The molecule has 0 saturated carbocycles. The zero-order valence-corrected chi connectivity index (χ0v) is 13.8. The van der Waals surface area contributed by atoms with E-state index in [0.717, 1.165) is 10.2 Å². The normalized spacial score (nSPS) is 12.0. The Bertz CT molecular complexity index is 380. The molecule has 0 saturated heterocycles. The molecular weight excluding hydrogens is 280 g/mol. The first-order valence-corrected chi connectivity index (χ1v) is 9.27. The number of hydrogen-bond donors (Lipinski definition) is 0. The minimum atomic E-state index is -1.07. The highest BCUT2D eigenvalue weighted by atomic mass is 79.9. The molecule has 0 aliphatic carbocycles. The first-order valence-electron chi connectivity index (χ1n) is 5.69. The third-order valence-corrected chi connectivity index (χ3v) is 4.07. The molecule has 0 fully saturated rings. The topological polar surface area (TPSA) is 9.23 Å². The van der Waals surface area contributed by atoms with E-state index in [1.165, 1.54) is 11.1 Å². The van der Waals surface area contributed by atoms with Gasteiger partial charge < -0.3 is 4.43 Å². The Labute approximate surface area is 109 Å². The molecule has 0 radical (unpaired) electrons. The molecule has 0 amide bonds. The molecule has 0 unspecified atom stereocenters. The van der Waals surface area contributed by atoms with Gasteiger partial charge in [0.2, 0.25) is 9.04 Å². The molecule has 0 spiro atoms. The molecule has 0 bridgehead atoms. The lowest BCUT2D eigenvalue weighted by molar-refractivity contribution is 0.516. The average molecular weight is 301 g/mol. The lowest BCUT2D eigenvalue weighted by Crippen LogP contribution is -2.19. The molecule has 16 heavy (non-hydrogen) atoms. The molecule has 0 N–H and O–H groups in total. The van der Waals surface area contributed by atoms with E-state index in [4.69, 9.17) is 4.43 Å². The van der Waals surface area contributed by atoms with Crippen LogP contribution >= 0.6 is 15.9 Å². The zero-order valence-electron chi connectivity index (χ0n) is 11.0. The molecule has 1 aromatic carbocycles. The van der Waals surface area contributed by atoms with Gasteiger partial charge in [-0.05, 0) is 37.1 Å². The molecule has 3 heteroatoms. The molecule has 0 atom stereocenters. The maximum atomic E-state index is 6.09. The summed E-state index contributed by atoms with van der Waals surface area (Å²) in [6.07, 6.45) is 0. The molecular formula is C13H21BrOSi. The van der Waals surface area contributed by atoms with Gasteiger partial charge in [0.1, 0.15) is 5.75 Å². The second-order valence-electron chi connectivity index (χ2n) is 5.47. The van der Waals surface area contributed by atoms with Crippen molar-refractivity contribution in [3.05, 3.63) is 27.7 Å². The van der Waals surface area contributed by atoms with Crippen LogP contribution in [0, 0.1) is 6.92 Å². The van der Waals surface area contributed by atoms with Gasteiger partial charge in [0.15, 0.2) is 0 Å². The van der Waals surface area contributed by atoms with Crippen molar-refractivity contribution in [3.8, 4) is 5.75 Å². The van der Waals surface area contributed by atoms with Crippen molar-refractivity contribution in [3.63, 3.8) is 0 Å². The van der Waals surface area contributed by atoms with Gasteiger partial charge in [-0.25, -0.2) is 0 Å². The van der Waals surface area contributed by atoms with Crippen LogP contribution in [0.1, 0.15) is 31.9 Å². The monoisotopic (exact) mass is 300 g/mol. The summed E-state index contributed by atoms with van der Waals surface area (Å²) in [5.41, 5.74) is 2.65. The Morgan fingerprint density at radius 3 is 2.19 bits per heavy atom. The van der Waals surface area contributed by atoms with E-state index in [1.807, 2.05) is 0 Å². The smallest absolute Gasteiger partial charge is 0.229 e. The van der Waals surface area contributed by atoms with Gasteiger partial charge in [0.05, 0.1) is 0 Å². The fraction of sp³-hybridized carbons (Fsp3) is 0.538. The van der Waals surface area contributed by atoms with E-state index >= 15 is 0 Å². The summed E-state index contributed by atoms with van der Waals surface area (Å²) in [7, 11) is -1.07. The first kappa shape index (κ1) is 13.8. The lowest BCUT2D eigenvalue weighted by Gasteiger charge is -2.26. The van der Waals surface area contributed by atoms with Crippen molar-refractivity contribution in [2.75, 3.05) is 0 Å². The number of rotatable bonds is 2. The molecule has 1 nitrogen and oxygen atoms in total. The van der Waals surface area contributed by atoms with Crippen LogP contribution in [0.3, 0.4) is 0 Å². The number of benzene rings is 1. The average Bonchev–Trinajstić information content (AvgIpc) is 2.10. The summed E-state index contributed by atoms with van der Waals surface area (Å²) in [5, 5.41) is 0. The van der Waals surface area contributed by atoms with Gasteiger partial charge in [-0.15, -0.1) is 0 Å². The Morgan fingerprint density at radius 2 is 1.75 bits per heavy atom. The largest absolute Gasteiger partial charge is 0.547 e. The highest BCUT2D eigenvalue weighted by molar-refractivity contribution is 9.10. The summed E-state index contributed by atoms with van der Waals surface area (Å²) in [6, 6.07) is 4.29. The van der Waals surface area contributed by atoms with E-state index in [1.54, 1.807) is 0 Å². The fourth-order valence-electron chi connectivity index (χ4n) is 1.65. The summed E-state index contributed by atoms with van der Waals surface area (Å²) >= 11 is 3.57. The van der Waals surface area contributed by atoms with Gasteiger partial charge >= 0.3 is 0 Å².